The minimum absolute atomic E-state index is 0.289. The Kier molecular flexibility index (Phi) is 6.79. The number of amides is 1. The van der Waals surface area contributed by atoms with Crippen LogP contribution >= 0.6 is 0 Å². The molecule has 6 heteroatoms. The molecule has 1 aliphatic carbocycles. The molecule has 0 bridgehead atoms. The summed E-state index contributed by atoms with van der Waals surface area (Å²) in [5, 5.41) is 6.07. The predicted octanol–water partition coefficient (Wildman–Crippen LogP) is 4.43. The van der Waals surface area contributed by atoms with Crippen molar-refractivity contribution in [2.45, 2.75) is 39.0 Å². The quantitative estimate of drug-likeness (QED) is 0.676. The molecule has 27 heavy (non-hydrogen) atoms. The third-order valence-corrected chi connectivity index (χ3v) is 4.44. The molecule has 0 unspecified atom stereocenters. The van der Waals surface area contributed by atoms with Crippen molar-refractivity contribution in [1.82, 2.24) is 9.97 Å². The van der Waals surface area contributed by atoms with Gasteiger partial charge >= 0.3 is 0 Å². The summed E-state index contributed by atoms with van der Waals surface area (Å²) in [6, 6.07) is 8.96. The van der Waals surface area contributed by atoms with Crippen LogP contribution in [0.3, 0.4) is 0 Å². The van der Waals surface area contributed by atoms with Crippen molar-refractivity contribution in [3.8, 4) is 5.75 Å². The van der Waals surface area contributed by atoms with Crippen molar-refractivity contribution in [2.75, 3.05) is 23.8 Å². The summed E-state index contributed by atoms with van der Waals surface area (Å²) in [4.78, 5) is 21.1. The van der Waals surface area contributed by atoms with Gasteiger partial charge in [0.25, 0.3) is 5.91 Å². The van der Waals surface area contributed by atoms with Crippen LogP contribution in [-0.4, -0.2) is 29.0 Å². The minimum atomic E-state index is -0.289. The van der Waals surface area contributed by atoms with Crippen molar-refractivity contribution in [1.29, 1.82) is 0 Å². The Labute approximate surface area is 160 Å². The Morgan fingerprint density at radius 3 is 2.93 bits per heavy atom. The lowest BCUT2D eigenvalue weighted by Crippen LogP contribution is -2.16. The molecule has 0 saturated carbocycles. The lowest BCUT2D eigenvalue weighted by Gasteiger charge is -2.13. The zero-order valence-corrected chi connectivity index (χ0v) is 15.7. The molecule has 0 aliphatic heterocycles. The molecule has 1 aromatic heterocycles. The van der Waals surface area contributed by atoms with Gasteiger partial charge in [-0.3, -0.25) is 4.79 Å². The topological polar surface area (TPSA) is 76.1 Å². The largest absolute Gasteiger partial charge is 0.492 e. The fourth-order valence-corrected chi connectivity index (χ4v) is 3.07. The summed E-state index contributed by atoms with van der Waals surface area (Å²) in [5.41, 5.74) is 2.44. The van der Waals surface area contributed by atoms with Crippen molar-refractivity contribution in [2.24, 2.45) is 0 Å². The number of allylic oxidation sites excluding steroid dienone is 1. The number of benzene rings is 1. The Balaban J connectivity index is 1.59. The molecule has 0 atom stereocenters. The highest BCUT2D eigenvalue weighted by molar-refractivity contribution is 6.03. The van der Waals surface area contributed by atoms with Gasteiger partial charge < -0.3 is 15.4 Å². The van der Waals surface area contributed by atoms with Crippen LogP contribution in [0.4, 0.5) is 11.6 Å². The zero-order valence-electron chi connectivity index (χ0n) is 15.7. The third kappa shape index (κ3) is 5.54. The van der Waals surface area contributed by atoms with Crippen LogP contribution in [0.2, 0.25) is 0 Å². The van der Waals surface area contributed by atoms with Crippen LogP contribution < -0.4 is 15.4 Å². The number of nitrogens with one attached hydrogen (secondary N) is 2. The van der Waals surface area contributed by atoms with E-state index < -0.39 is 0 Å². The fraction of sp³-hybridized carbons (Fsp3) is 0.381. The molecule has 0 saturated heterocycles. The molecular formula is C21H26N4O2. The number of hydrogen-bond acceptors (Lipinski definition) is 5. The van der Waals surface area contributed by atoms with Gasteiger partial charge in [0.05, 0.1) is 12.3 Å². The van der Waals surface area contributed by atoms with Gasteiger partial charge in [0, 0.05) is 12.7 Å². The number of hydrogen-bond donors (Lipinski definition) is 2. The summed E-state index contributed by atoms with van der Waals surface area (Å²) in [5.74, 6) is 0.821. The van der Waals surface area contributed by atoms with Crippen molar-refractivity contribution >= 4 is 17.5 Å². The number of carbonyl (C=O) groups is 1. The minimum Gasteiger partial charge on any atom is -0.492 e. The van der Waals surface area contributed by atoms with Gasteiger partial charge in [-0.15, -0.1) is 0 Å². The SMILES string of the molecule is CCOc1ccccc1NC(=O)c1ccnc(NCCC2=CCCCC2)n1. The summed E-state index contributed by atoms with van der Waals surface area (Å²) in [6.07, 6.45) is 9.87. The van der Waals surface area contributed by atoms with Crippen molar-refractivity contribution < 1.29 is 9.53 Å². The third-order valence-electron chi connectivity index (χ3n) is 4.44. The first-order valence-electron chi connectivity index (χ1n) is 9.54. The smallest absolute Gasteiger partial charge is 0.274 e. The first-order chi connectivity index (χ1) is 13.3. The summed E-state index contributed by atoms with van der Waals surface area (Å²) in [7, 11) is 0. The summed E-state index contributed by atoms with van der Waals surface area (Å²) in [6.45, 7) is 3.21. The molecule has 2 aromatic rings. The van der Waals surface area contributed by atoms with Gasteiger partial charge in [0.15, 0.2) is 0 Å². The van der Waals surface area contributed by atoms with Gasteiger partial charge in [-0.1, -0.05) is 23.8 Å². The van der Waals surface area contributed by atoms with E-state index in [9.17, 15) is 4.79 Å². The van der Waals surface area contributed by atoms with Crippen LogP contribution in [0.15, 0.2) is 48.2 Å². The number of anilines is 2. The van der Waals surface area contributed by atoms with Crippen LogP contribution in [0.5, 0.6) is 5.75 Å². The molecule has 0 radical (unpaired) electrons. The average Bonchev–Trinajstić information content (AvgIpc) is 2.71. The monoisotopic (exact) mass is 366 g/mol. The zero-order chi connectivity index (χ0) is 18.9. The average molecular weight is 366 g/mol. The number of carbonyl (C=O) groups excluding carboxylic acids is 1. The van der Waals surface area contributed by atoms with Gasteiger partial charge in [0.1, 0.15) is 11.4 Å². The predicted molar refractivity (Wildman–Crippen MR) is 107 cm³/mol. The molecule has 1 aliphatic rings. The van der Waals surface area contributed by atoms with E-state index in [1.165, 1.54) is 31.3 Å². The number of ether oxygens (including phenoxy) is 1. The Morgan fingerprint density at radius 2 is 2.11 bits per heavy atom. The second-order valence-electron chi connectivity index (χ2n) is 6.43. The first kappa shape index (κ1) is 18.9. The molecule has 6 nitrogen and oxygen atoms in total. The Bertz CT molecular complexity index is 804. The van der Waals surface area contributed by atoms with Crippen molar-refractivity contribution in [3.05, 3.63) is 53.9 Å². The van der Waals surface area contributed by atoms with Gasteiger partial charge in [-0.05, 0) is 57.2 Å². The number of aromatic nitrogens is 2. The van der Waals surface area contributed by atoms with E-state index in [0.29, 0.717) is 29.7 Å². The Hall–Kier alpha value is -2.89. The standard InChI is InChI=1S/C21H26N4O2/c1-2-27-19-11-7-6-10-17(19)24-20(26)18-13-15-23-21(25-18)22-14-12-16-8-4-3-5-9-16/h6-8,10-11,13,15H,2-5,9,12,14H2,1H3,(H,24,26)(H,22,23,25). The second-order valence-corrected chi connectivity index (χ2v) is 6.43. The maximum atomic E-state index is 12.6. The van der Waals surface area contributed by atoms with E-state index in [1.54, 1.807) is 18.3 Å². The molecule has 1 amide bonds. The van der Waals surface area contributed by atoms with Gasteiger partial charge in [0.2, 0.25) is 5.95 Å². The molecule has 3 rings (SSSR count). The molecule has 142 valence electrons. The van der Waals surface area contributed by atoms with Crippen LogP contribution in [0, 0.1) is 0 Å². The van der Waals surface area contributed by atoms with E-state index in [2.05, 4.69) is 26.7 Å². The number of nitrogens with zero attached hydrogens (tertiary/aromatic N) is 2. The first-order valence-corrected chi connectivity index (χ1v) is 9.54. The van der Waals surface area contributed by atoms with Gasteiger partial charge in [-0.25, -0.2) is 9.97 Å². The fourth-order valence-electron chi connectivity index (χ4n) is 3.07. The normalized spacial score (nSPS) is 13.6. The number of rotatable bonds is 8. The van der Waals surface area contributed by atoms with Crippen LogP contribution in [0.25, 0.3) is 0 Å². The van der Waals surface area contributed by atoms with E-state index in [-0.39, 0.29) is 5.91 Å². The lowest BCUT2D eigenvalue weighted by molar-refractivity contribution is 0.102. The molecule has 2 N–H and O–H groups in total. The summed E-state index contributed by atoms with van der Waals surface area (Å²) < 4.78 is 5.54. The highest BCUT2D eigenvalue weighted by atomic mass is 16.5. The molecule has 1 aromatic carbocycles. The van der Waals surface area contributed by atoms with E-state index in [4.69, 9.17) is 4.74 Å². The Morgan fingerprint density at radius 1 is 1.22 bits per heavy atom. The van der Waals surface area contributed by atoms with E-state index in [1.807, 2.05) is 25.1 Å². The second kappa shape index (κ2) is 9.71. The van der Waals surface area contributed by atoms with E-state index in [0.717, 1.165) is 13.0 Å². The maximum Gasteiger partial charge on any atom is 0.274 e. The summed E-state index contributed by atoms with van der Waals surface area (Å²) >= 11 is 0. The highest BCUT2D eigenvalue weighted by Gasteiger charge is 2.12. The lowest BCUT2D eigenvalue weighted by atomic mass is 9.97. The van der Waals surface area contributed by atoms with Crippen LogP contribution in [-0.2, 0) is 0 Å². The number of para-hydroxylation sites is 2. The maximum absolute atomic E-state index is 12.6. The van der Waals surface area contributed by atoms with E-state index >= 15 is 0 Å². The molecular weight excluding hydrogens is 340 g/mol. The molecule has 0 spiro atoms. The molecule has 1 heterocycles. The van der Waals surface area contributed by atoms with Crippen molar-refractivity contribution in [3.63, 3.8) is 0 Å². The molecule has 0 fully saturated rings. The van der Waals surface area contributed by atoms with Gasteiger partial charge in [-0.2, -0.15) is 0 Å². The highest BCUT2D eigenvalue weighted by Crippen LogP contribution is 2.24. The van der Waals surface area contributed by atoms with Crippen LogP contribution in [0.1, 0.15) is 49.5 Å².